The van der Waals surface area contributed by atoms with Crippen LogP contribution in [0.4, 0.5) is 5.82 Å². The van der Waals surface area contributed by atoms with Gasteiger partial charge in [0.05, 0.1) is 5.69 Å². The maximum Gasteiger partial charge on any atom is 0.150 e. The van der Waals surface area contributed by atoms with Crippen LogP contribution >= 0.6 is 11.6 Å². The summed E-state index contributed by atoms with van der Waals surface area (Å²) in [6.45, 7) is 2.01. The van der Waals surface area contributed by atoms with Crippen LogP contribution in [0.5, 0.6) is 0 Å². The molecule has 0 aliphatic carbocycles. The fourth-order valence-electron chi connectivity index (χ4n) is 3.07. The molecule has 1 saturated heterocycles. The molecule has 2 aromatic heterocycles. The summed E-state index contributed by atoms with van der Waals surface area (Å²) >= 11 is 6.34. The Morgan fingerprint density at radius 2 is 2.21 bits per heavy atom. The zero-order chi connectivity index (χ0) is 16.5. The van der Waals surface area contributed by atoms with Crippen molar-refractivity contribution in [3.63, 3.8) is 0 Å². The first-order chi connectivity index (χ1) is 11.7. The maximum atomic E-state index is 6.34. The number of halogens is 1. The highest BCUT2D eigenvalue weighted by Crippen LogP contribution is 2.28. The summed E-state index contributed by atoms with van der Waals surface area (Å²) in [6, 6.07) is 10.0. The van der Waals surface area contributed by atoms with E-state index in [-0.39, 0.29) is 0 Å². The number of rotatable bonds is 3. The molecular formula is C17H17BClN5. The second kappa shape index (κ2) is 6.45. The van der Waals surface area contributed by atoms with Crippen molar-refractivity contribution in [2.24, 2.45) is 0 Å². The third kappa shape index (κ3) is 2.87. The Kier molecular flexibility index (Phi) is 4.16. The van der Waals surface area contributed by atoms with E-state index in [1.807, 2.05) is 30.3 Å². The van der Waals surface area contributed by atoms with Crippen LogP contribution in [-0.4, -0.2) is 41.6 Å². The lowest BCUT2D eigenvalue weighted by Crippen LogP contribution is -2.38. The van der Waals surface area contributed by atoms with Gasteiger partial charge in [0.25, 0.3) is 0 Å². The third-order valence-corrected chi connectivity index (χ3v) is 4.63. The van der Waals surface area contributed by atoms with Crippen LogP contribution in [0, 0.1) is 0 Å². The number of benzene rings is 1. The summed E-state index contributed by atoms with van der Waals surface area (Å²) < 4.78 is 1.75. The maximum absolute atomic E-state index is 6.34. The SMILES string of the molecule is [B]c1cnn2c(NC3CCCNC3)cc(-c3ccccc3Cl)nc12. The van der Waals surface area contributed by atoms with E-state index in [1.165, 1.54) is 0 Å². The van der Waals surface area contributed by atoms with E-state index in [9.17, 15) is 0 Å². The van der Waals surface area contributed by atoms with Crippen molar-refractivity contribution in [1.29, 1.82) is 0 Å². The van der Waals surface area contributed by atoms with E-state index in [0.717, 1.165) is 43.0 Å². The van der Waals surface area contributed by atoms with E-state index < -0.39 is 0 Å². The Balaban J connectivity index is 1.81. The van der Waals surface area contributed by atoms with Crippen molar-refractivity contribution in [3.05, 3.63) is 41.6 Å². The van der Waals surface area contributed by atoms with Gasteiger partial charge in [0, 0.05) is 35.4 Å². The average Bonchev–Trinajstić information content (AvgIpc) is 2.98. The lowest BCUT2D eigenvalue weighted by Gasteiger charge is -2.25. The minimum atomic E-state index is 0.355. The number of piperidine rings is 1. The molecule has 2 radical (unpaired) electrons. The molecule has 1 aliphatic heterocycles. The standard InChI is InChI=1S/C17H17BClN5/c18-13-10-21-24-16(22-11-4-3-7-20-9-11)8-15(23-17(13)24)12-5-1-2-6-14(12)19/h1-2,5-6,8,10-11,20,22H,3-4,7,9H2. The van der Waals surface area contributed by atoms with E-state index in [0.29, 0.717) is 22.2 Å². The van der Waals surface area contributed by atoms with Gasteiger partial charge < -0.3 is 10.6 Å². The number of fused-ring (bicyclic) bond motifs is 1. The van der Waals surface area contributed by atoms with Crippen LogP contribution in [0.15, 0.2) is 36.5 Å². The summed E-state index contributed by atoms with van der Waals surface area (Å²) in [5.41, 5.74) is 2.85. The molecular weight excluding hydrogens is 320 g/mol. The predicted octanol–water partition coefficient (Wildman–Crippen LogP) is 2.01. The van der Waals surface area contributed by atoms with Crippen LogP contribution in [0.1, 0.15) is 12.8 Å². The first-order valence-electron chi connectivity index (χ1n) is 8.09. The van der Waals surface area contributed by atoms with E-state index in [2.05, 4.69) is 20.7 Å². The van der Waals surface area contributed by atoms with E-state index >= 15 is 0 Å². The Labute approximate surface area is 146 Å². The highest BCUT2D eigenvalue weighted by molar-refractivity contribution is 6.36. The molecule has 1 atom stereocenters. The molecule has 1 aromatic carbocycles. The van der Waals surface area contributed by atoms with Crippen LogP contribution in [-0.2, 0) is 0 Å². The smallest absolute Gasteiger partial charge is 0.150 e. The number of nitrogens with zero attached hydrogens (tertiary/aromatic N) is 3. The average molecular weight is 338 g/mol. The van der Waals surface area contributed by atoms with Crippen molar-refractivity contribution >= 4 is 36.4 Å². The number of anilines is 1. The number of hydrogen-bond acceptors (Lipinski definition) is 4. The van der Waals surface area contributed by atoms with Gasteiger partial charge in [0.1, 0.15) is 13.7 Å². The fraction of sp³-hybridized carbons (Fsp3) is 0.294. The van der Waals surface area contributed by atoms with Gasteiger partial charge in [-0.05, 0) is 30.9 Å². The van der Waals surface area contributed by atoms with Gasteiger partial charge in [-0.25, -0.2) is 4.98 Å². The third-order valence-electron chi connectivity index (χ3n) is 4.30. The molecule has 0 saturated carbocycles. The van der Waals surface area contributed by atoms with Crippen LogP contribution in [0.3, 0.4) is 0 Å². The normalized spacial score (nSPS) is 18.0. The lowest BCUT2D eigenvalue weighted by molar-refractivity contribution is 0.478. The molecule has 120 valence electrons. The Morgan fingerprint density at radius 3 is 3.00 bits per heavy atom. The van der Waals surface area contributed by atoms with Gasteiger partial charge in [0.2, 0.25) is 0 Å². The number of aromatic nitrogens is 3. The molecule has 0 bridgehead atoms. The predicted molar refractivity (Wildman–Crippen MR) is 98.3 cm³/mol. The fourth-order valence-corrected chi connectivity index (χ4v) is 3.31. The first-order valence-corrected chi connectivity index (χ1v) is 8.46. The molecule has 1 fully saturated rings. The van der Waals surface area contributed by atoms with Crippen LogP contribution in [0.2, 0.25) is 5.02 Å². The molecule has 3 aromatic rings. The zero-order valence-electron chi connectivity index (χ0n) is 13.2. The van der Waals surface area contributed by atoms with Gasteiger partial charge in [-0.1, -0.05) is 29.8 Å². The molecule has 0 spiro atoms. The van der Waals surface area contributed by atoms with Crippen molar-refractivity contribution in [1.82, 2.24) is 19.9 Å². The topological polar surface area (TPSA) is 54.2 Å². The van der Waals surface area contributed by atoms with Crippen molar-refractivity contribution in [2.75, 3.05) is 18.4 Å². The van der Waals surface area contributed by atoms with Gasteiger partial charge >= 0.3 is 0 Å². The summed E-state index contributed by atoms with van der Waals surface area (Å²) in [6.07, 6.45) is 3.91. The number of hydrogen-bond donors (Lipinski definition) is 2. The molecule has 2 N–H and O–H groups in total. The second-order valence-corrected chi connectivity index (χ2v) is 6.44. The van der Waals surface area contributed by atoms with Crippen molar-refractivity contribution < 1.29 is 0 Å². The summed E-state index contributed by atoms with van der Waals surface area (Å²) in [7, 11) is 6.04. The highest BCUT2D eigenvalue weighted by atomic mass is 35.5. The molecule has 7 heteroatoms. The molecule has 4 rings (SSSR count). The monoisotopic (exact) mass is 337 g/mol. The Hall–Kier alpha value is -2.05. The van der Waals surface area contributed by atoms with Crippen molar-refractivity contribution in [2.45, 2.75) is 18.9 Å². The second-order valence-electron chi connectivity index (χ2n) is 6.03. The van der Waals surface area contributed by atoms with Crippen LogP contribution < -0.4 is 16.1 Å². The van der Waals surface area contributed by atoms with Gasteiger partial charge in [-0.3, -0.25) is 0 Å². The Bertz CT molecular complexity index is 873. The summed E-state index contributed by atoms with van der Waals surface area (Å²) in [5.74, 6) is 0.875. The van der Waals surface area contributed by atoms with Crippen molar-refractivity contribution in [3.8, 4) is 11.3 Å². The Morgan fingerprint density at radius 1 is 1.33 bits per heavy atom. The molecule has 0 amide bonds. The summed E-state index contributed by atoms with van der Waals surface area (Å²) in [5, 5.41) is 12.0. The van der Waals surface area contributed by atoms with Gasteiger partial charge in [0.15, 0.2) is 5.65 Å². The quantitative estimate of drug-likeness (QED) is 0.718. The minimum absolute atomic E-state index is 0.355. The molecule has 1 unspecified atom stereocenters. The molecule has 3 heterocycles. The largest absolute Gasteiger partial charge is 0.366 e. The lowest BCUT2D eigenvalue weighted by atomic mass is 10.0. The number of nitrogens with one attached hydrogen (secondary N) is 2. The van der Waals surface area contributed by atoms with Gasteiger partial charge in [-0.2, -0.15) is 9.61 Å². The molecule has 24 heavy (non-hydrogen) atoms. The first kappa shape index (κ1) is 15.5. The van der Waals surface area contributed by atoms with Crippen LogP contribution in [0.25, 0.3) is 16.9 Å². The molecule has 1 aliphatic rings. The van der Waals surface area contributed by atoms with E-state index in [1.54, 1.807) is 10.7 Å². The zero-order valence-corrected chi connectivity index (χ0v) is 13.9. The summed E-state index contributed by atoms with van der Waals surface area (Å²) in [4.78, 5) is 4.65. The van der Waals surface area contributed by atoms with E-state index in [4.69, 9.17) is 19.4 Å². The minimum Gasteiger partial charge on any atom is -0.366 e. The van der Waals surface area contributed by atoms with Gasteiger partial charge in [-0.15, -0.1) is 0 Å². The molecule has 5 nitrogen and oxygen atoms in total. The highest BCUT2D eigenvalue weighted by Gasteiger charge is 2.17.